The van der Waals surface area contributed by atoms with Crippen LogP contribution >= 0.6 is 11.3 Å². The molecule has 7 nitrogen and oxygen atoms in total. The third-order valence-corrected chi connectivity index (χ3v) is 6.53. The average Bonchev–Trinajstić information content (AvgIpc) is 3.17. The number of nitrogens with zero attached hydrogens (tertiary/aromatic N) is 2. The Kier molecular flexibility index (Phi) is 7.31. The third kappa shape index (κ3) is 4.83. The maximum Gasteiger partial charge on any atom is 0.338 e. The summed E-state index contributed by atoms with van der Waals surface area (Å²) in [4.78, 5) is 31.6. The van der Waals surface area contributed by atoms with Crippen molar-refractivity contribution in [2.24, 2.45) is 4.99 Å². The van der Waals surface area contributed by atoms with Gasteiger partial charge in [0.15, 0.2) is 16.3 Å². The molecule has 0 amide bonds. The lowest BCUT2D eigenvalue weighted by Crippen LogP contribution is -2.38. The van der Waals surface area contributed by atoms with Gasteiger partial charge in [-0.15, -0.1) is 0 Å². The quantitative estimate of drug-likeness (QED) is 0.474. The van der Waals surface area contributed by atoms with Crippen molar-refractivity contribution < 1.29 is 19.0 Å². The van der Waals surface area contributed by atoms with Gasteiger partial charge in [0, 0.05) is 5.56 Å². The fourth-order valence-corrected chi connectivity index (χ4v) is 5.00. The van der Waals surface area contributed by atoms with Gasteiger partial charge >= 0.3 is 5.97 Å². The first kappa shape index (κ1) is 24.2. The number of aromatic nitrogens is 1. The number of carbonyl (C=O) groups is 1. The van der Waals surface area contributed by atoms with Crippen molar-refractivity contribution in [3.63, 3.8) is 0 Å². The highest BCUT2D eigenvalue weighted by atomic mass is 32.1. The summed E-state index contributed by atoms with van der Waals surface area (Å²) in [5.41, 5.74) is 2.27. The summed E-state index contributed by atoms with van der Waals surface area (Å²) in [7, 11) is 3.12. The second-order valence-electron chi connectivity index (χ2n) is 7.70. The van der Waals surface area contributed by atoms with Gasteiger partial charge in [-0.3, -0.25) is 9.36 Å². The van der Waals surface area contributed by atoms with Gasteiger partial charge in [-0.1, -0.05) is 66.0 Å². The van der Waals surface area contributed by atoms with Gasteiger partial charge in [-0.2, -0.15) is 0 Å². The van der Waals surface area contributed by atoms with Crippen LogP contribution in [0.25, 0.3) is 12.2 Å². The zero-order valence-corrected chi connectivity index (χ0v) is 20.8. The molecule has 2 heterocycles. The summed E-state index contributed by atoms with van der Waals surface area (Å²) >= 11 is 1.26. The number of rotatable bonds is 7. The van der Waals surface area contributed by atoms with E-state index in [1.54, 1.807) is 44.8 Å². The molecule has 180 valence electrons. The predicted octanol–water partition coefficient (Wildman–Crippen LogP) is 3.48. The number of hydrogen-bond donors (Lipinski definition) is 0. The number of thiazole rings is 1. The molecule has 2 aromatic carbocycles. The maximum atomic E-state index is 13.6. The molecule has 0 N–H and O–H groups in total. The lowest BCUT2D eigenvalue weighted by molar-refractivity contribution is -0.139. The molecule has 3 aromatic rings. The second-order valence-corrected chi connectivity index (χ2v) is 8.71. The van der Waals surface area contributed by atoms with Crippen LogP contribution in [0.1, 0.15) is 31.0 Å². The van der Waals surface area contributed by atoms with Crippen molar-refractivity contribution in [1.82, 2.24) is 4.57 Å². The minimum Gasteiger partial charge on any atom is -0.493 e. The zero-order chi connectivity index (χ0) is 24.9. The number of carbonyl (C=O) groups excluding carboxylic acids is 1. The van der Waals surface area contributed by atoms with Crippen LogP contribution in [0, 0.1) is 0 Å². The van der Waals surface area contributed by atoms with Crippen molar-refractivity contribution >= 4 is 29.5 Å². The topological polar surface area (TPSA) is 79.1 Å². The highest BCUT2D eigenvalue weighted by Gasteiger charge is 2.30. The van der Waals surface area contributed by atoms with Gasteiger partial charge in [0.2, 0.25) is 0 Å². The van der Waals surface area contributed by atoms with E-state index in [-0.39, 0.29) is 12.2 Å². The van der Waals surface area contributed by atoms with Crippen molar-refractivity contribution in [1.29, 1.82) is 0 Å². The summed E-state index contributed by atoms with van der Waals surface area (Å²) in [6.45, 7) is 3.74. The fraction of sp³-hybridized carbons (Fsp3) is 0.222. The molecular formula is C27H26N2O5S. The summed E-state index contributed by atoms with van der Waals surface area (Å²) in [5, 5.41) is 0. The van der Waals surface area contributed by atoms with Gasteiger partial charge < -0.3 is 14.2 Å². The van der Waals surface area contributed by atoms with Gasteiger partial charge in [0.25, 0.3) is 5.56 Å². The predicted molar refractivity (Wildman–Crippen MR) is 136 cm³/mol. The molecule has 1 aliphatic rings. The number of para-hydroxylation sites is 1. The molecule has 8 heteroatoms. The van der Waals surface area contributed by atoms with E-state index in [9.17, 15) is 9.59 Å². The van der Waals surface area contributed by atoms with Crippen LogP contribution in [0.5, 0.6) is 11.5 Å². The van der Waals surface area contributed by atoms with Crippen LogP contribution in [-0.2, 0) is 9.53 Å². The molecule has 4 rings (SSSR count). The first-order valence-electron chi connectivity index (χ1n) is 11.1. The Bertz CT molecular complexity index is 1480. The van der Waals surface area contributed by atoms with Gasteiger partial charge in [-0.25, -0.2) is 9.79 Å². The monoisotopic (exact) mass is 490 g/mol. The fourth-order valence-electron chi connectivity index (χ4n) is 3.95. The molecule has 1 aromatic heterocycles. The average molecular weight is 491 g/mol. The van der Waals surface area contributed by atoms with E-state index in [2.05, 4.69) is 4.99 Å². The first-order chi connectivity index (χ1) is 17.0. The number of methoxy groups -OCH3 is 2. The van der Waals surface area contributed by atoms with E-state index >= 15 is 0 Å². The molecule has 1 atom stereocenters. The molecule has 0 saturated carbocycles. The van der Waals surface area contributed by atoms with Crippen molar-refractivity contribution in [2.75, 3.05) is 20.8 Å². The minimum absolute atomic E-state index is 0.227. The van der Waals surface area contributed by atoms with E-state index in [1.165, 1.54) is 11.3 Å². The number of fused-ring (bicyclic) bond motifs is 1. The highest BCUT2D eigenvalue weighted by Crippen LogP contribution is 2.31. The Labute approximate surface area is 206 Å². The van der Waals surface area contributed by atoms with Crippen LogP contribution < -0.4 is 24.4 Å². The molecule has 0 fully saturated rings. The first-order valence-corrected chi connectivity index (χ1v) is 11.9. The lowest BCUT2D eigenvalue weighted by Gasteiger charge is -2.21. The number of esters is 1. The molecular weight excluding hydrogens is 464 g/mol. The Morgan fingerprint density at radius 1 is 1.11 bits per heavy atom. The maximum absolute atomic E-state index is 13.6. The molecule has 0 radical (unpaired) electrons. The SMILES string of the molecule is CCOC(=O)C1=C(C)N=c2sc(=Cc3cccc(OC)c3OC)c(=O)n2C1C=Cc1ccccc1. The molecule has 0 aliphatic carbocycles. The van der Waals surface area contributed by atoms with E-state index in [0.717, 1.165) is 5.56 Å². The van der Waals surface area contributed by atoms with E-state index in [0.29, 0.717) is 37.7 Å². The number of benzene rings is 2. The van der Waals surface area contributed by atoms with Crippen LogP contribution in [0.2, 0.25) is 0 Å². The van der Waals surface area contributed by atoms with Crippen molar-refractivity contribution in [2.45, 2.75) is 19.9 Å². The smallest absolute Gasteiger partial charge is 0.338 e. The van der Waals surface area contributed by atoms with E-state index in [1.807, 2.05) is 54.6 Å². The van der Waals surface area contributed by atoms with Gasteiger partial charge in [0.05, 0.1) is 42.7 Å². The minimum atomic E-state index is -0.653. The zero-order valence-electron chi connectivity index (χ0n) is 20.0. The Balaban J connectivity index is 1.90. The number of hydrogen-bond acceptors (Lipinski definition) is 7. The second kappa shape index (κ2) is 10.6. The third-order valence-electron chi connectivity index (χ3n) is 5.55. The normalized spacial score (nSPS) is 15.7. The van der Waals surface area contributed by atoms with E-state index < -0.39 is 12.0 Å². The molecule has 35 heavy (non-hydrogen) atoms. The molecule has 1 aliphatic heterocycles. The number of ether oxygens (including phenoxy) is 3. The number of allylic oxidation sites excluding steroid dienone is 2. The van der Waals surface area contributed by atoms with Crippen molar-refractivity contribution in [3.8, 4) is 11.5 Å². The van der Waals surface area contributed by atoms with Gasteiger partial charge in [-0.05, 0) is 31.6 Å². The van der Waals surface area contributed by atoms with Crippen LogP contribution in [0.3, 0.4) is 0 Å². The lowest BCUT2D eigenvalue weighted by atomic mass is 10.0. The van der Waals surface area contributed by atoms with Crippen LogP contribution in [0.4, 0.5) is 0 Å². The Morgan fingerprint density at radius 2 is 1.89 bits per heavy atom. The highest BCUT2D eigenvalue weighted by molar-refractivity contribution is 7.07. The Morgan fingerprint density at radius 3 is 2.57 bits per heavy atom. The summed E-state index contributed by atoms with van der Waals surface area (Å²) in [5.74, 6) is 0.614. The molecule has 1 unspecified atom stereocenters. The Hall–Kier alpha value is -3.91. The van der Waals surface area contributed by atoms with Crippen molar-refractivity contribution in [3.05, 3.63) is 96.7 Å². The van der Waals surface area contributed by atoms with Gasteiger partial charge in [0.1, 0.15) is 0 Å². The van der Waals surface area contributed by atoms with E-state index in [4.69, 9.17) is 14.2 Å². The standard InChI is InChI=1S/C27H26N2O5S/c1-5-34-26(31)23-17(2)28-27-29(20(23)15-14-18-10-7-6-8-11-18)25(30)22(35-27)16-19-12-9-13-21(32-3)24(19)33-4/h6-16,20H,5H2,1-4H3. The molecule has 0 spiro atoms. The summed E-state index contributed by atoms with van der Waals surface area (Å²) < 4.78 is 18.2. The molecule has 0 bridgehead atoms. The largest absolute Gasteiger partial charge is 0.493 e. The molecule has 0 saturated heterocycles. The van der Waals surface area contributed by atoms with Crippen LogP contribution in [0.15, 0.2) is 75.7 Å². The summed E-state index contributed by atoms with van der Waals surface area (Å²) in [6.07, 6.45) is 5.49. The summed E-state index contributed by atoms with van der Waals surface area (Å²) in [6, 6.07) is 14.5. The van der Waals surface area contributed by atoms with Crippen LogP contribution in [-0.4, -0.2) is 31.4 Å².